The van der Waals surface area contributed by atoms with Crippen molar-refractivity contribution in [3.05, 3.63) is 205 Å². The van der Waals surface area contributed by atoms with Crippen molar-refractivity contribution in [3.8, 4) is 5.69 Å². The van der Waals surface area contributed by atoms with E-state index < -0.39 is 0 Å². The van der Waals surface area contributed by atoms with E-state index in [9.17, 15) is 0 Å². The first kappa shape index (κ1) is 34.8. The maximum Gasteiger partial charge on any atom is 0.160 e. The minimum absolute atomic E-state index is 0.0862. The van der Waals surface area contributed by atoms with E-state index in [2.05, 4.69) is 181 Å². The molecule has 0 aliphatic carbocycles. The normalized spacial score (nSPS) is 17.4. The number of fused-ring (bicyclic) bond motifs is 11. The molecule has 0 spiro atoms. The first-order valence-corrected chi connectivity index (χ1v) is 21.3. The Morgan fingerprint density at radius 3 is 2.02 bits per heavy atom. The molecule has 1 unspecified atom stereocenters. The summed E-state index contributed by atoms with van der Waals surface area (Å²) < 4.78 is 15.6. The van der Waals surface area contributed by atoms with Crippen molar-refractivity contribution < 1.29 is 8.83 Å². The molecule has 1 aliphatic heterocycles. The van der Waals surface area contributed by atoms with Crippen LogP contribution in [0.4, 0.5) is 0 Å². The molecule has 1 atom stereocenters. The molecule has 62 heavy (non-hydrogen) atoms. The van der Waals surface area contributed by atoms with Gasteiger partial charge in [-0.1, -0.05) is 134 Å². The van der Waals surface area contributed by atoms with E-state index in [0.29, 0.717) is 5.84 Å². The first-order chi connectivity index (χ1) is 30.6. The molecule has 9 aromatic carbocycles. The van der Waals surface area contributed by atoms with Crippen LogP contribution in [0.1, 0.15) is 30.0 Å². The summed E-state index contributed by atoms with van der Waals surface area (Å²) in [5.41, 5.74) is 11.5. The third kappa shape index (κ3) is 5.28. The predicted molar refractivity (Wildman–Crippen MR) is 258 cm³/mol. The minimum atomic E-state index is 0.0862. The fourth-order valence-electron chi connectivity index (χ4n) is 9.86. The summed E-state index contributed by atoms with van der Waals surface area (Å²) in [5, 5.41) is 11.3. The maximum atomic E-state index is 7.01. The van der Waals surface area contributed by atoms with Gasteiger partial charge >= 0.3 is 0 Å². The molecule has 12 aromatic rings. The number of hydrogen-bond acceptors (Lipinski definition) is 4. The van der Waals surface area contributed by atoms with E-state index >= 15 is 0 Å². The topological polar surface area (TPSA) is 55.9 Å². The van der Waals surface area contributed by atoms with Gasteiger partial charge in [-0.05, 0) is 88.6 Å². The lowest BCUT2D eigenvalue weighted by atomic mass is 9.90. The second kappa shape index (κ2) is 13.5. The van der Waals surface area contributed by atoms with Gasteiger partial charge in [0.1, 0.15) is 16.7 Å². The van der Waals surface area contributed by atoms with Gasteiger partial charge in [-0.15, -0.1) is 0 Å². The number of allylic oxidation sites excluding steroid dienone is 1. The summed E-state index contributed by atoms with van der Waals surface area (Å²) in [7, 11) is 0. The largest absolute Gasteiger partial charge is 0.456 e. The molecule has 0 amide bonds. The molecular formula is C57H37N3O2. The predicted octanol–water partition coefficient (Wildman–Crippen LogP) is 15.2. The number of benzene rings is 9. The van der Waals surface area contributed by atoms with E-state index in [1.807, 2.05) is 18.2 Å². The van der Waals surface area contributed by atoms with E-state index in [1.54, 1.807) is 0 Å². The van der Waals surface area contributed by atoms with Gasteiger partial charge in [-0.3, -0.25) is 0 Å². The first-order valence-electron chi connectivity index (χ1n) is 21.3. The number of para-hydroxylation sites is 3. The average Bonchev–Trinajstić information content (AvgIpc) is 3.99. The molecule has 3 aromatic heterocycles. The average molecular weight is 796 g/mol. The van der Waals surface area contributed by atoms with Gasteiger partial charge in [0.15, 0.2) is 11.4 Å². The zero-order valence-corrected chi connectivity index (χ0v) is 33.8. The van der Waals surface area contributed by atoms with Crippen LogP contribution in [0.15, 0.2) is 207 Å². The molecule has 292 valence electrons. The van der Waals surface area contributed by atoms with Gasteiger partial charge in [0.05, 0.1) is 28.1 Å². The molecule has 0 fully saturated rings. The number of nitrogens with zero attached hydrogens (tertiary/aromatic N) is 3. The number of aliphatic imine (C=N–C) groups is 2. The van der Waals surface area contributed by atoms with Gasteiger partial charge in [0.25, 0.3) is 0 Å². The van der Waals surface area contributed by atoms with Crippen LogP contribution < -0.4 is 0 Å². The van der Waals surface area contributed by atoms with Crippen LogP contribution in [0, 0.1) is 5.92 Å². The Kier molecular flexibility index (Phi) is 7.58. The number of rotatable bonds is 4. The second-order valence-corrected chi connectivity index (χ2v) is 16.5. The monoisotopic (exact) mass is 795 g/mol. The fraction of sp³-hybridized carbons (Fsp3) is 0.0526. The van der Waals surface area contributed by atoms with Crippen molar-refractivity contribution in [2.45, 2.75) is 13.3 Å². The quantitative estimate of drug-likeness (QED) is 0.178. The summed E-state index contributed by atoms with van der Waals surface area (Å²) in [6.07, 6.45) is 3.05. The van der Waals surface area contributed by atoms with E-state index in [-0.39, 0.29) is 5.92 Å². The van der Waals surface area contributed by atoms with Crippen LogP contribution in [0.5, 0.6) is 0 Å². The van der Waals surface area contributed by atoms with Gasteiger partial charge in [-0.2, -0.15) is 0 Å². The summed E-state index contributed by atoms with van der Waals surface area (Å²) in [6.45, 7) is 2.28. The summed E-state index contributed by atoms with van der Waals surface area (Å²) >= 11 is 0. The Morgan fingerprint density at radius 1 is 0.484 bits per heavy atom. The van der Waals surface area contributed by atoms with Crippen molar-refractivity contribution in [2.24, 2.45) is 15.9 Å². The Balaban J connectivity index is 1.10. The third-order valence-corrected chi connectivity index (χ3v) is 12.8. The standard InChI is InChI=1S/C57H37N3O2/c1-34-25-28-47(38-26-30-53-46(32-38)41-19-7-10-23-51(41)61-53)58-57(59-55(34)42-21-12-16-35-13-4-5-17-39(35)42)44-27-29-49(56-54(44)43-20-8-11-24-52(43)62-56)60-48-22-9-6-18-40(48)45-31-36-14-2-3-15-37(36)33-50(45)60/h2-24,26-34H,25H2,1H3/b47-28+,58-57-,59-55+. The fourth-order valence-corrected chi connectivity index (χ4v) is 9.86. The lowest BCUT2D eigenvalue weighted by Crippen LogP contribution is -2.17. The highest BCUT2D eigenvalue weighted by molar-refractivity contribution is 6.25. The molecule has 0 N–H and O–H groups in total. The Hall–Kier alpha value is -8.02. The van der Waals surface area contributed by atoms with Gasteiger partial charge in [0.2, 0.25) is 0 Å². The lowest BCUT2D eigenvalue weighted by Gasteiger charge is -2.20. The lowest BCUT2D eigenvalue weighted by molar-refractivity contribution is 0.666. The Labute approximate surface area is 356 Å². The highest BCUT2D eigenvalue weighted by Gasteiger charge is 2.25. The SMILES string of the molecule is CC1C/C=C(c2ccc3oc4ccccc4c3c2)/N=C(c2ccc(-n3c4ccccc4c4cc5ccccc5cc43)c3oc4ccccc4c23)\N=C/1c1cccc2ccccc12. The highest BCUT2D eigenvalue weighted by Crippen LogP contribution is 2.42. The van der Waals surface area contributed by atoms with Crippen molar-refractivity contribution in [3.63, 3.8) is 0 Å². The minimum Gasteiger partial charge on any atom is -0.456 e. The smallest absolute Gasteiger partial charge is 0.160 e. The summed E-state index contributed by atoms with van der Waals surface area (Å²) in [6, 6.07) is 64.4. The van der Waals surface area contributed by atoms with Crippen LogP contribution in [0.25, 0.3) is 98.6 Å². The molecule has 5 nitrogen and oxygen atoms in total. The van der Waals surface area contributed by atoms with Gasteiger partial charge < -0.3 is 13.4 Å². The van der Waals surface area contributed by atoms with Gasteiger partial charge in [-0.25, -0.2) is 9.98 Å². The molecule has 0 saturated carbocycles. The van der Waals surface area contributed by atoms with E-state index in [4.69, 9.17) is 18.8 Å². The molecular weight excluding hydrogens is 759 g/mol. The van der Waals surface area contributed by atoms with Crippen LogP contribution in [0.3, 0.4) is 0 Å². The van der Waals surface area contributed by atoms with Crippen molar-refractivity contribution in [1.29, 1.82) is 0 Å². The zero-order chi connectivity index (χ0) is 40.9. The number of aromatic nitrogens is 1. The van der Waals surface area contributed by atoms with Crippen molar-refractivity contribution in [1.82, 2.24) is 4.57 Å². The molecule has 5 heteroatoms. The number of hydrogen-bond donors (Lipinski definition) is 0. The summed E-state index contributed by atoms with van der Waals surface area (Å²) in [4.78, 5) is 11.3. The van der Waals surface area contributed by atoms with Crippen LogP contribution in [-0.2, 0) is 0 Å². The van der Waals surface area contributed by atoms with Crippen molar-refractivity contribution >= 4 is 104 Å². The molecule has 13 rings (SSSR count). The van der Waals surface area contributed by atoms with E-state index in [1.165, 1.54) is 32.3 Å². The van der Waals surface area contributed by atoms with Crippen LogP contribution in [-0.4, -0.2) is 16.1 Å². The third-order valence-electron chi connectivity index (χ3n) is 12.8. The highest BCUT2D eigenvalue weighted by atomic mass is 16.3. The summed E-state index contributed by atoms with van der Waals surface area (Å²) in [5.74, 6) is 0.724. The maximum absolute atomic E-state index is 7.01. The van der Waals surface area contributed by atoms with Crippen molar-refractivity contribution in [2.75, 3.05) is 0 Å². The number of furan rings is 2. The Morgan fingerprint density at radius 2 is 1.16 bits per heavy atom. The van der Waals surface area contributed by atoms with Gasteiger partial charge in [0, 0.05) is 54.9 Å². The molecule has 0 radical (unpaired) electrons. The zero-order valence-electron chi connectivity index (χ0n) is 33.8. The Bertz CT molecular complexity index is 3920. The van der Waals surface area contributed by atoms with Crippen LogP contribution >= 0.6 is 0 Å². The van der Waals surface area contributed by atoms with E-state index in [0.717, 1.165) is 95.1 Å². The molecule has 4 heterocycles. The van der Waals surface area contributed by atoms with Crippen LogP contribution in [0.2, 0.25) is 0 Å². The molecule has 1 aliphatic rings. The molecule has 0 saturated heterocycles. The second-order valence-electron chi connectivity index (χ2n) is 16.5. The molecule has 0 bridgehead atoms. The number of amidine groups is 1.